The molecule has 0 aliphatic heterocycles. The first-order valence-corrected chi connectivity index (χ1v) is 17.2. The topological polar surface area (TPSA) is 3.24 Å². The van der Waals surface area contributed by atoms with Crippen molar-refractivity contribution in [2.24, 2.45) is 0 Å². The summed E-state index contributed by atoms with van der Waals surface area (Å²) in [5.41, 5.74) is 10.7. The third-order valence-electron chi connectivity index (χ3n) is 9.25. The van der Waals surface area contributed by atoms with Gasteiger partial charge >= 0.3 is 0 Å². The van der Waals surface area contributed by atoms with E-state index < -0.39 is 0 Å². The first-order chi connectivity index (χ1) is 23.8. The molecule has 9 rings (SSSR count). The lowest BCUT2D eigenvalue weighted by Crippen LogP contribution is -2.11. The molecule has 8 aromatic carbocycles. The van der Waals surface area contributed by atoms with Crippen LogP contribution in [-0.4, -0.2) is 0 Å². The molecule has 0 fully saturated rings. The number of thiophene rings is 1. The fourth-order valence-corrected chi connectivity index (χ4v) is 8.15. The van der Waals surface area contributed by atoms with Gasteiger partial charge in [-0.15, -0.1) is 11.3 Å². The molecule has 1 heterocycles. The molecular weight excluding hydrogens is 599 g/mol. The Bertz CT molecular complexity index is 2530. The van der Waals surface area contributed by atoms with Gasteiger partial charge in [-0.3, -0.25) is 0 Å². The number of hydrogen-bond donors (Lipinski definition) is 0. The highest BCUT2D eigenvalue weighted by Crippen LogP contribution is 2.50. The van der Waals surface area contributed by atoms with E-state index in [1.165, 1.54) is 70.0 Å². The van der Waals surface area contributed by atoms with Crippen LogP contribution in [0.15, 0.2) is 188 Å². The van der Waals surface area contributed by atoms with Crippen molar-refractivity contribution in [3.05, 3.63) is 188 Å². The molecule has 9 aromatic rings. The molecule has 0 amide bonds. The van der Waals surface area contributed by atoms with Crippen LogP contribution >= 0.6 is 11.3 Å². The number of hydrogen-bond acceptors (Lipinski definition) is 2. The van der Waals surface area contributed by atoms with Gasteiger partial charge in [-0.25, -0.2) is 0 Å². The van der Waals surface area contributed by atoms with Gasteiger partial charge in [-0.05, 0) is 75.2 Å². The fraction of sp³-hybridized carbons (Fsp3) is 0. The average Bonchev–Trinajstić information content (AvgIpc) is 3.54. The fourth-order valence-electron chi connectivity index (χ4n) is 7.00. The first kappa shape index (κ1) is 28.3. The molecule has 0 N–H and O–H groups in total. The molecule has 0 unspecified atom stereocenters. The van der Waals surface area contributed by atoms with Gasteiger partial charge in [0.2, 0.25) is 0 Å². The highest BCUT2D eigenvalue weighted by atomic mass is 32.1. The maximum Gasteiger partial charge on any atom is 0.0633 e. The van der Waals surface area contributed by atoms with Gasteiger partial charge in [0.25, 0.3) is 0 Å². The molecule has 0 aliphatic carbocycles. The molecule has 0 atom stereocenters. The molecule has 2 heteroatoms. The van der Waals surface area contributed by atoms with Gasteiger partial charge in [0.1, 0.15) is 0 Å². The summed E-state index contributed by atoms with van der Waals surface area (Å²) in [7, 11) is 0. The highest BCUT2D eigenvalue weighted by molar-refractivity contribution is 7.26. The molecule has 0 radical (unpaired) electrons. The van der Waals surface area contributed by atoms with Crippen molar-refractivity contribution in [1.82, 2.24) is 0 Å². The highest BCUT2D eigenvalue weighted by Gasteiger charge is 2.23. The summed E-state index contributed by atoms with van der Waals surface area (Å²) < 4.78 is 2.59. The third-order valence-corrected chi connectivity index (χ3v) is 10.4. The lowest BCUT2D eigenvalue weighted by molar-refractivity contribution is 1.31. The van der Waals surface area contributed by atoms with E-state index >= 15 is 0 Å². The molecule has 226 valence electrons. The molecular formula is C46H31NS. The summed E-state index contributed by atoms with van der Waals surface area (Å²) >= 11 is 1.87. The minimum atomic E-state index is 1.12. The van der Waals surface area contributed by atoms with Crippen LogP contribution in [0.2, 0.25) is 0 Å². The number of fused-ring (bicyclic) bond motifs is 4. The summed E-state index contributed by atoms with van der Waals surface area (Å²) in [5, 5.41) is 5.04. The molecule has 1 nitrogen and oxygen atoms in total. The zero-order chi connectivity index (χ0) is 31.9. The van der Waals surface area contributed by atoms with E-state index in [1.807, 2.05) is 11.3 Å². The molecule has 48 heavy (non-hydrogen) atoms. The zero-order valence-electron chi connectivity index (χ0n) is 26.3. The van der Waals surface area contributed by atoms with Gasteiger partial charge in [0.15, 0.2) is 0 Å². The van der Waals surface area contributed by atoms with Crippen molar-refractivity contribution in [3.63, 3.8) is 0 Å². The number of rotatable bonds is 6. The second-order valence-corrected chi connectivity index (χ2v) is 13.2. The first-order valence-electron chi connectivity index (χ1n) is 16.4. The third kappa shape index (κ3) is 4.95. The maximum absolute atomic E-state index is 2.49. The van der Waals surface area contributed by atoms with E-state index in [1.54, 1.807) is 0 Å². The van der Waals surface area contributed by atoms with Crippen LogP contribution in [0.3, 0.4) is 0 Å². The number of anilines is 3. The van der Waals surface area contributed by atoms with E-state index in [0.29, 0.717) is 0 Å². The second kappa shape index (κ2) is 12.0. The van der Waals surface area contributed by atoms with Crippen molar-refractivity contribution in [1.29, 1.82) is 0 Å². The standard InChI is InChI=1S/C46H31NS/c1-4-14-32(15-5-1)33-24-26-37(27-25-33)47(38-28-29-39(34-16-6-2-7-17-34)42(31-38)35-18-8-3-9-19-35)46-40-21-11-10-20-36(40)30-44-45(46)41-22-12-13-23-43(41)48-44/h1-31H. The molecule has 0 saturated heterocycles. The Balaban J connectivity index is 1.36. The van der Waals surface area contributed by atoms with Gasteiger partial charge in [-0.1, -0.05) is 152 Å². The van der Waals surface area contributed by atoms with Gasteiger partial charge in [0, 0.05) is 36.9 Å². The van der Waals surface area contributed by atoms with Crippen LogP contribution in [0.25, 0.3) is 64.3 Å². The predicted octanol–water partition coefficient (Wildman–Crippen LogP) is 13.7. The lowest BCUT2D eigenvalue weighted by Gasteiger charge is -2.29. The van der Waals surface area contributed by atoms with Crippen molar-refractivity contribution < 1.29 is 0 Å². The summed E-state index contributed by atoms with van der Waals surface area (Å²) in [6, 6.07) is 68.2. The van der Waals surface area contributed by atoms with E-state index in [-0.39, 0.29) is 0 Å². The number of benzene rings is 8. The van der Waals surface area contributed by atoms with Crippen molar-refractivity contribution in [2.75, 3.05) is 4.90 Å². The van der Waals surface area contributed by atoms with Gasteiger partial charge in [0.05, 0.1) is 5.69 Å². The Labute approximate surface area is 284 Å². The monoisotopic (exact) mass is 629 g/mol. The van der Waals surface area contributed by atoms with E-state index in [0.717, 1.165) is 11.4 Å². The van der Waals surface area contributed by atoms with E-state index in [9.17, 15) is 0 Å². The molecule has 0 spiro atoms. The summed E-state index contributed by atoms with van der Waals surface area (Å²) in [5.74, 6) is 0. The SMILES string of the molecule is c1ccc(-c2ccc(N(c3ccc(-c4ccccc4)c(-c4ccccc4)c3)c3c4ccccc4cc4sc5ccccc5c34)cc2)cc1. The largest absolute Gasteiger partial charge is 0.309 e. The van der Waals surface area contributed by atoms with Crippen LogP contribution in [-0.2, 0) is 0 Å². The van der Waals surface area contributed by atoms with Gasteiger partial charge in [-0.2, -0.15) is 0 Å². The molecule has 0 aliphatic rings. The Morgan fingerprint density at radius 1 is 0.354 bits per heavy atom. The predicted molar refractivity (Wildman–Crippen MR) is 208 cm³/mol. The van der Waals surface area contributed by atoms with Crippen LogP contribution in [0.4, 0.5) is 17.1 Å². The zero-order valence-corrected chi connectivity index (χ0v) is 27.1. The quantitative estimate of drug-likeness (QED) is 0.177. The normalized spacial score (nSPS) is 11.3. The Morgan fingerprint density at radius 3 is 1.60 bits per heavy atom. The van der Waals surface area contributed by atoms with Gasteiger partial charge < -0.3 is 4.90 Å². The van der Waals surface area contributed by atoms with E-state index in [4.69, 9.17) is 0 Å². The van der Waals surface area contributed by atoms with E-state index in [2.05, 4.69) is 193 Å². The number of nitrogens with zero attached hydrogens (tertiary/aromatic N) is 1. The summed E-state index contributed by atoms with van der Waals surface area (Å²) in [4.78, 5) is 2.49. The molecule has 0 bridgehead atoms. The van der Waals surface area contributed by atoms with Crippen molar-refractivity contribution in [3.8, 4) is 33.4 Å². The minimum absolute atomic E-state index is 1.12. The van der Waals surface area contributed by atoms with Crippen LogP contribution in [0, 0.1) is 0 Å². The van der Waals surface area contributed by atoms with Crippen molar-refractivity contribution in [2.45, 2.75) is 0 Å². The minimum Gasteiger partial charge on any atom is -0.309 e. The van der Waals surface area contributed by atoms with Crippen LogP contribution in [0.5, 0.6) is 0 Å². The van der Waals surface area contributed by atoms with Crippen molar-refractivity contribution >= 4 is 59.3 Å². The van der Waals surface area contributed by atoms with Crippen LogP contribution < -0.4 is 4.90 Å². The average molecular weight is 630 g/mol. The summed E-state index contributed by atoms with van der Waals surface area (Å²) in [6.45, 7) is 0. The van der Waals surface area contributed by atoms with Crippen LogP contribution in [0.1, 0.15) is 0 Å². The smallest absolute Gasteiger partial charge is 0.0633 e. The molecule has 1 aromatic heterocycles. The summed E-state index contributed by atoms with van der Waals surface area (Å²) in [6.07, 6.45) is 0. The maximum atomic E-state index is 2.49. The second-order valence-electron chi connectivity index (χ2n) is 12.1. The Hall–Kier alpha value is -5.96. The molecule has 0 saturated carbocycles. The Kier molecular flexibility index (Phi) is 7.07. The lowest BCUT2D eigenvalue weighted by atomic mass is 9.93. The Morgan fingerprint density at radius 2 is 0.896 bits per heavy atom.